The molecule has 1 aliphatic heterocycles. The Balaban J connectivity index is 1.77. The lowest BCUT2D eigenvalue weighted by molar-refractivity contribution is -0.0864. The first-order valence-corrected chi connectivity index (χ1v) is 5.97. The van der Waals surface area contributed by atoms with Crippen LogP contribution in [0.3, 0.4) is 0 Å². The lowest BCUT2D eigenvalue weighted by Gasteiger charge is -2.23. The summed E-state index contributed by atoms with van der Waals surface area (Å²) in [6.45, 7) is 2.99. The van der Waals surface area contributed by atoms with Crippen molar-refractivity contribution in [3.63, 3.8) is 0 Å². The maximum atomic E-state index is 13.4. The standard InChI is InChI=1S/C12H15ClFNO2/c13-10-2-1-9(12(14)5-10)6-15-7-11-8-16-3-4-17-11/h1-2,5,11,15H,3-4,6-8H2. The van der Waals surface area contributed by atoms with Crippen LogP contribution in [0.25, 0.3) is 0 Å². The predicted octanol–water partition coefficient (Wildman–Crippen LogP) is 1.98. The Morgan fingerprint density at radius 2 is 2.29 bits per heavy atom. The van der Waals surface area contributed by atoms with E-state index in [1.807, 2.05) is 0 Å². The lowest BCUT2D eigenvalue weighted by Crippen LogP contribution is -2.37. The molecule has 0 amide bonds. The van der Waals surface area contributed by atoms with Crippen LogP contribution in [0.1, 0.15) is 5.56 Å². The molecule has 17 heavy (non-hydrogen) atoms. The van der Waals surface area contributed by atoms with Crippen molar-refractivity contribution in [2.75, 3.05) is 26.4 Å². The molecule has 1 unspecified atom stereocenters. The van der Waals surface area contributed by atoms with Crippen molar-refractivity contribution in [2.24, 2.45) is 0 Å². The third kappa shape index (κ3) is 3.92. The minimum atomic E-state index is -0.286. The van der Waals surface area contributed by atoms with Crippen molar-refractivity contribution in [3.8, 4) is 0 Å². The van der Waals surface area contributed by atoms with E-state index in [2.05, 4.69) is 5.32 Å². The van der Waals surface area contributed by atoms with Crippen LogP contribution < -0.4 is 5.32 Å². The van der Waals surface area contributed by atoms with Gasteiger partial charge in [-0.15, -0.1) is 0 Å². The summed E-state index contributed by atoms with van der Waals surface area (Å²) in [4.78, 5) is 0. The Bertz CT molecular complexity index is 370. The average molecular weight is 260 g/mol. The van der Waals surface area contributed by atoms with E-state index in [0.29, 0.717) is 43.5 Å². The van der Waals surface area contributed by atoms with Crippen molar-refractivity contribution in [1.29, 1.82) is 0 Å². The maximum absolute atomic E-state index is 13.4. The van der Waals surface area contributed by atoms with Gasteiger partial charge in [0.05, 0.1) is 25.9 Å². The van der Waals surface area contributed by atoms with E-state index < -0.39 is 0 Å². The summed E-state index contributed by atoms with van der Waals surface area (Å²) in [5.74, 6) is -0.286. The van der Waals surface area contributed by atoms with Gasteiger partial charge in [0.25, 0.3) is 0 Å². The molecule has 1 atom stereocenters. The molecule has 2 rings (SSSR count). The number of benzene rings is 1. The van der Waals surface area contributed by atoms with Gasteiger partial charge >= 0.3 is 0 Å². The maximum Gasteiger partial charge on any atom is 0.129 e. The molecular formula is C12H15ClFNO2. The zero-order chi connectivity index (χ0) is 12.1. The van der Waals surface area contributed by atoms with Crippen molar-refractivity contribution in [3.05, 3.63) is 34.6 Å². The Hall–Kier alpha value is -0.680. The van der Waals surface area contributed by atoms with Crippen molar-refractivity contribution in [2.45, 2.75) is 12.6 Å². The second-order valence-corrected chi connectivity index (χ2v) is 4.37. The van der Waals surface area contributed by atoms with E-state index in [4.69, 9.17) is 21.1 Å². The minimum absolute atomic E-state index is 0.0547. The normalized spacial score (nSPS) is 20.5. The van der Waals surface area contributed by atoms with E-state index >= 15 is 0 Å². The molecule has 1 aromatic rings. The van der Waals surface area contributed by atoms with E-state index in [-0.39, 0.29) is 11.9 Å². The summed E-state index contributed by atoms with van der Waals surface area (Å²) in [5.41, 5.74) is 0.603. The molecule has 1 heterocycles. The number of ether oxygens (including phenoxy) is 2. The van der Waals surface area contributed by atoms with Gasteiger partial charge in [-0.25, -0.2) is 4.39 Å². The van der Waals surface area contributed by atoms with Crippen LogP contribution in [0.5, 0.6) is 0 Å². The molecule has 3 nitrogen and oxygen atoms in total. The third-order valence-electron chi connectivity index (χ3n) is 2.59. The Morgan fingerprint density at radius 3 is 3.00 bits per heavy atom. The molecule has 5 heteroatoms. The van der Waals surface area contributed by atoms with Gasteiger partial charge in [0.1, 0.15) is 5.82 Å². The molecule has 0 aliphatic carbocycles. The SMILES string of the molecule is Fc1cc(Cl)ccc1CNCC1COCCO1. The number of rotatable bonds is 4. The highest BCUT2D eigenvalue weighted by Gasteiger charge is 2.13. The molecular weight excluding hydrogens is 245 g/mol. The van der Waals surface area contributed by atoms with Crippen molar-refractivity contribution >= 4 is 11.6 Å². The Kier molecular flexibility index (Phi) is 4.74. The van der Waals surface area contributed by atoms with Gasteiger partial charge in [-0.1, -0.05) is 17.7 Å². The molecule has 94 valence electrons. The van der Waals surface area contributed by atoms with E-state index in [0.717, 1.165) is 0 Å². The van der Waals surface area contributed by atoms with Crippen LogP contribution in [-0.4, -0.2) is 32.5 Å². The topological polar surface area (TPSA) is 30.5 Å². The summed E-state index contributed by atoms with van der Waals surface area (Å²) >= 11 is 5.68. The molecule has 1 saturated heterocycles. The molecule has 1 aliphatic rings. The molecule has 0 aromatic heterocycles. The van der Waals surface area contributed by atoms with Crippen LogP contribution in [0.4, 0.5) is 4.39 Å². The first kappa shape index (κ1) is 12.8. The molecule has 1 aromatic carbocycles. The molecule has 0 radical (unpaired) electrons. The molecule has 1 fully saturated rings. The number of hydrogen-bond donors (Lipinski definition) is 1. The van der Waals surface area contributed by atoms with Gasteiger partial charge in [-0.05, 0) is 12.1 Å². The van der Waals surface area contributed by atoms with Crippen LogP contribution in [0, 0.1) is 5.82 Å². The van der Waals surface area contributed by atoms with Gasteiger partial charge in [0.15, 0.2) is 0 Å². The smallest absolute Gasteiger partial charge is 0.129 e. The second-order valence-electron chi connectivity index (χ2n) is 3.93. The third-order valence-corrected chi connectivity index (χ3v) is 2.82. The molecule has 0 saturated carbocycles. The van der Waals surface area contributed by atoms with Gasteiger partial charge in [0, 0.05) is 23.7 Å². The first-order valence-electron chi connectivity index (χ1n) is 5.59. The quantitative estimate of drug-likeness (QED) is 0.897. The fourth-order valence-corrected chi connectivity index (χ4v) is 1.85. The highest BCUT2D eigenvalue weighted by atomic mass is 35.5. The minimum Gasteiger partial charge on any atom is -0.376 e. The summed E-state index contributed by atoms with van der Waals surface area (Å²) in [6, 6.07) is 4.68. The van der Waals surface area contributed by atoms with Crippen LogP contribution in [0.15, 0.2) is 18.2 Å². The van der Waals surface area contributed by atoms with E-state index in [1.54, 1.807) is 12.1 Å². The highest BCUT2D eigenvalue weighted by molar-refractivity contribution is 6.30. The van der Waals surface area contributed by atoms with Crippen LogP contribution >= 0.6 is 11.6 Å². The van der Waals surface area contributed by atoms with Crippen LogP contribution in [0.2, 0.25) is 5.02 Å². The summed E-state index contributed by atoms with van der Waals surface area (Å²) < 4.78 is 24.2. The zero-order valence-electron chi connectivity index (χ0n) is 9.42. The van der Waals surface area contributed by atoms with E-state index in [9.17, 15) is 4.39 Å². The Labute approximate surface area is 105 Å². The fourth-order valence-electron chi connectivity index (χ4n) is 1.69. The van der Waals surface area contributed by atoms with Gasteiger partial charge < -0.3 is 14.8 Å². The zero-order valence-corrected chi connectivity index (χ0v) is 10.2. The van der Waals surface area contributed by atoms with Gasteiger partial charge in [-0.2, -0.15) is 0 Å². The van der Waals surface area contributed by atoms with Crippen molar-refractivity contribution < 1.29 is 13.9 Å². The van der Waals surface area contributed by atoms with E-state index in [1.165, 1.54) is 6.07 Å². The van der Waals surface area contributed by atoms with Crippen molar-refractivity contribution in [1.82, 2.24) is 5.32 Å². The van der Waals surface area contributed by atoms with Crippen LogP contribution in [-0.2, 0) is 16.0 Å². The summed E-state index contributed by atoms with van der Waals surface area (Å²) in [6.07, 6.45) is 0.0547. The lowest BCUT2D eigenvalue weighted by atomic mass is 10.2. The molecule has 0 bridgehead atoms. The van der Waals surface area contributed by atoms with Gasteiger partial charge in [0.2, 0.25) is 0 Å². The number of nitrogens with one attached hydrogen (secondary N) is 1. The first-order chi connectivity index (χ1) is 8.25. The number of halogens is 2. The monoisotopic (exact) mass is 259 g/mol. The molecule has 1 N–H and O–H groups in total. The largest absolute Gasteiger partial charge is 0.376 e. The second kappa shape index (κ2) is 6.31. The Morgan fingerprint density at radius 1 is 1.41 bits per heavy atom. The van der Waals surface area contributed by atoms with Gasteiger partial charge in [-0.3, -0.25) is 0 Å². The predicted molar refractivity (Wildman–Crippen MR) is 63.7 cm³/mol. The molecule has 0 spiro atoms. The highest BCUT2D eigenvalue weighted by Crippen LogP contribution is 2.14. The average Bonchev–Trinajstić information content (AvgIpc) is 2.33. The summed E-state index contributed by atoms with van der Waals surface area (Å²) in [7, 11) is 0. The number of hydrogen-bond acceptors (Lipinski definition) is 3. The fraction of sp³-hybridized carbons (Fsp3) is 0.500. The summed E-state index contributed by atoms with van der Waals surface area (Å²) in [5, 5.41) is 3.56.